The van der Waals surface area contributed by atoms with Gasteiger partial charge in [-0.1, -0.05) is 18.2 Å². The number of rotatable bonds is 1. The number of hydrogen-bond acceptors (Lipinski definition) is 4. The van der Waals surface area contributed by atoms with E-state index in [2.05, 4.69) is 5.32 Å². The molecule has 6 heteroatoms. The molecular weight excluding hydrogens is 260 g/mol. The molecule has 0 bridgehead atoms. The molecular formula is C14H12N2O4. The van der Waals surface area contributed by atoms with E-state index in [4.69, 9.17) is 0 Å². The molecule has 3 rings (SSSR count). The van der Waals surface area contributed by atoms with Crippen molar-refractivity contribution in [3.8, 4) is 0 Å². The first-order chi connectivity index (χ1) is 9.42. The number of nitrogens with one attached hydrogen (secondary N) is 1. The van der Waals surface area contributed by atoms with Crippen LogP contribution in [0, 0.1) is 0 Å². The van der Waals surface area contributed by atoms with Crippen molar-refractivity contribution in [3.63, 3.8) is 0 Å². The normalized spacial score (nSPS) is 24.4. The van der Waals surface area contributed by atoms with Crippen molar-refractivity contribution in [1.82, 2.24) is 4.90 Å². The van der Waals surface area contributed by atoms with E-state index in [9.17, 15) is 19.5 Å². The van der Waals surface area contributed by atoms with Gasteiger partial charge >= 0.3 is 0 Å². The first kappa shape index (κ1) is 12.4. The van der Waals surface area contributed by atoms with Crippen LogP contribution in [-0.2, 0) is 19.9 Å². The molecule has 0 unspecified atom stereocenters. The summed E-state index contributed by atoms with van der Waals surface area (Å²) in [7, 11) is 1.40. The number of anilines is 1. The summed E-state index contributed by atoms with van der Waals surface area (Å²) in [5, 5.41) is 12.6. The number of hydrogen-bond donors (Lipinski definition) is 2. The van der Waals surface area contributed by atoms with E-state index < -0.39 is 28.9 Å². The Bertz CT molecular complexity index is 707. The molecule has 0 aromatic heterocycles. The smallest absolute Gasteiger partial charge is 0.290 e. The van der Waals surface area contributed by atoms with Crippen LogP contribution in [0.5, 0.6) is 0 Å². The molecule has 1 aromatic carbocycles. The number of para-hydroxylation sites is 1. The zero-order chi connectivity index (χ0) is 14.7. The van der Waals surface area contributed by atoms with Gasteiger partial charge in [-0.3, -0.25) is 14.4 Å². The van der Waals surface area contributed by atoms with Crippen molar-refractivity contribution in [2.24, 2.45) is 0 Å². The third-order valence-electron chi connectivity index (χ3n) is 3.85. The van der Waals surface area contributed by atoms with E-state index in [0.717, 1.165) is 4.90 Å². The fraction of sp³-hybridized carbons (Fsp3) is 0.214. The van der Waals surface area contributed by atoms with Crippen LogP contribution in [0.15, 0.2) is 35.6 Å². The highest BCUT2D eigenvalue weighted by Gasteiger charge is 2.61. The summed E-state index contributed by atoms with van der Waals surface area (Å²) in [6, 6.07) is 6.81. The third-order valence-corrected chi connectivity index (χ3v) is 3.85. The van der Waals surface area contributed by atoms with Crippen molar-refractivity contribution in [1.29, 1.82) is 0 Å². The number of fused-ring (bicyclic) bond motifs is 2. The standard InChI is InChI=1S/C14H12N2O4/c1-7(17)10-11(18)12(19)16(2)14(10)8-5-3-4-6-9(8)15-13(14)20/h3-6,18H,1-2H3,(H,15,20)/t14-/m0/s1. The van der Waals surface area contributed by atoms with E-state index in [1.807, 2.05) is 0 Å². The molecule has 20 heavy (non-hydrogen) atoms. The molecule has 2 heterocycles. The van der Waals surface area contributed by atoms with E-state index in [0.29, 0.717) is 11.3 Å². The Morgan fingerprint density at radius 3 is 2.60 bits per heavy atom. The molecule has 1 aromatic rings. The maximum atomic E-state index is 12.5. The average Bonchev–Trinajstić information content (AvgIpc) is 2.80. The molecule has 0 fully saturated rings. The van der Waals surface area contributed by atoms with Gasteiger partial charge in [-0.15, -0.1) is 0 Å². The van der Waals surface area contributed by atoms with E-state index in [-0.39, 0.29) is 5.57 Å². The van der Waals surface area contributed by atoms with Crippen LogP contribution in [0.4, 0.5) is 5.69 Å². The fourth-order valence-corrected chi connectivity index (χ4v) is 3.00. The van der Waals surface area contributed by atoms with Gasteiger partial charge < -0.3 is 15.3 Å². The minimum Gasteiger partial charge on any atom is -0.503 e. The van der Waals surface area contributed by atoms with Crippen molar-refractivity contribution >= 4 is 23.3 Å². The van der Waals surface area contributed by atoms with Crippen LogP contribution in [0.3, 0.4) is 0 Å². The Morgan fingerprint density at radius 2 is 1.95 bits per heavy atom. The zero-order valence-corrected chi connectivity index (χ0v) is 10.9. The second kappa shape index (κ2) is 3.69. The largest absolute Gasteiger partial charge is 0.503 e. The van der Waals surface area contributed by atoms with Crippen LogP contribution < -0.4 is 5.32 Å². The monoisotopic (exact) mass is 272 g/mol. The minimum atomic E-state index is -1.57. The highest BCUT2D eigenvalue weighted by molar-refractivity contribution is 6.21. The topological polar surface area (TPSA) is 86.7 Å². The number of likely N-dealkylation sites (N-methyl/N-ethyl adjacent to an activating group) is 1. The molecule has 0 aliphatic carbocycles. The lowest BCUT2D eigenvalue weighted by atomic mass is 9.82. The van der Waals surface area contributed by atoms with E-state index in [1.54, 1.807) is 24.3 Å². The van der Waals surface area contributed by atoms with Crippen LogP contribution in [0.25, 0.3) is 0 Å². The Labute approximate surface area is 114 Å². The van der Waals surface area contributed by atoms with Gasteiger partial charge in [0.15, 0.2) is 17.1 Å². The number of ketones is 1. The predicted octanol–water partition coefficient (Wildman–Crippen LogP) is 0.707. The van der Waals surface area contributed by atoms with E-state index in [1.165, 1.54) is 14.0 Å². The lowest BCUT2D eigenvalue weighted by Gasteiger charge is -2.31. The second-order valence-corrected chi connectivity index (χ2v) is 4.85. The molecule has 1 spiro atoms. The van der Waals surface area contributed by atoms with Gasteiger partial charge in [0.05, 0.1) is 5.57 Å². The zero-order valence-electron chi connectivity index (χ0n) is 10.9. The van der Waals surface area contributed by atoms with Crippen molar-refractivity contribution in [2.45, 2.75) is 12.5 Å². The number of carbonyl (C=O) groups excluding carboxylic acids is 3. The molecule has 2 aliphatic heterocycles. The fourth-order valence-electron chi connectivity index (χ4n) is 3.00. The van der Waals surface area contributed by atoms with Crippen LogP contribution in [0.2, 0.25) is 0 Å². The number of amides is 2. The van der Waals surface area contributed by atoms with Gasteiger partial charge in [-0.25, -0.2) is 0 Å². The SMILES string of the molecule is CC(=O)C1=C(O)C(=O)N(C)[C@]12C(=O)Nc1ccccc12. The van der Waals surface area contributed by atoms with Crippen molar-refractivity contribution in [2.75, 3.05) is 12.4 Å². The number of carbonyl (C=O) groups is 3. The highest BCUT2D eigenvalue weighted by Crippen LogP contribution is 2.49. The predicted molar refractivity (Wildman–Crippen MR) is 69.9 cm³/mol. The van der Waals surface area contributed by atoms with Crippen LogP contribution >= 0.6 is 0 Å². The molecule has 102 valence electrons. The van der Waals surface area contributed by atoms with Crippen molar-refractivity contribution in [3.05, 3.63) is 41.2 Å². The molecule has 0 radical (unpaired) electrons. The van der Waals surface area contributed by atoms with Crippen LogP contribution in [-0.4, -0.2) is 34.7 Å². The Morgan fingerprint density at radius 1 is 1.30 bits per heavy atom. The quantitative estimate of drug-likeness (QED) is 0.788. The minimum absolute atomic E-state index is 0.174. The Balaban J connectivity index is 2.39. The molecule has 2 amide bonds. The average molecular weight is 272 g/mol. The summed E-state index contributed by atoms with van der Waals surface area (Å²) in [4.78, 5) is 37.5. The molecule has 6 nitrogen and oxygen atoms in total. The second-order valence-electron chi connectivity index (χ2n) is 4.85. The summed E-state index contributed by atoms with van der Waals surface area (Å²) in [6.07, 6.45) is 0. The first-order valence-corrected chi connectivity index (χ1v) is 6.06. The van der Waals surface area contributed by atoms with Crippen molar-refractivity contribution < 1.29 is 19.5 Å². The lowest BCUT2D eigenvalue weighted by Crippen LogP contribution is -2.49. The maximum absolute atomic E-state index is 12.5. The molecule has 2 N–H and O–H groups in total. The number of Topliss-reactive ketones (excluding diaryl/α,β-unsaturated/α-hetero) is 1. The molecule has 1 atom stereocenters. The Kier molecular flexibility index (Phi) is 2.29. The number of aliphatic hydroxyl groups excluding tert-OH is 1. The molecule has 0 saturated heterocycles. The number of nitrogens with zero attached hydrogens (tertiary/aromatic N) is 1. The van der Waals surface area contributed by atoms with E-state index >= 15 is 0 Å². The lowest BCUT2D eigenvalue weighted by molar-refractivity contribution is -0.137. The van der Waals surface area contributed by atoms with Gasteiger partial charge in [0, 0.05) is 18.3 Å². The number of benzene rings is 1. The summed E-state index contributed by atoms with van der Waals surface area (Å²) < 4.78 is 0. The van der Waals surface area contributed by atoms with Gasteiger partial charge in [-0.2, -0.15) is 0 Å². The summed E-state index contributed by atoms with van der Waals surface area (Å²) in [5.74, 6) is -2.41. The van der Waals surface area contributed by atoms with Gasteiger partial charge in [-0.05, 0) is 13.0 Å². The van der Waals surface area contributed by atoms with Crippen LogP contribution in [0.1, 0.15) is 12.5 Å². The summed E-state index contributed by atoms with van der Waals surface area (Å²) in [5.41, 5.74) is -0.711. The highest BCUT2D eigenvalue weighted by atomic mass is 16.3. The molecule has 0 saturated carbocycles. The first-order valence-electron chi connectivity index (χ1n) is 6.06. The van der Waals surface area contributed by atoms with Gasteiger partial charge in [0.2, 0.25) is 0 Å². The molecule has 2 aliphatic rings. The van der Waals surface area contributed by atoms with Gasteiger partial charge in [0.1, 0.15) is 0 Å². The summed E-state index contributed by atoms with van der Waals surface area (Å²) in [6.45, 7) is 1.23. The number of aliphatic hydroxyl groups is 1. The van der Waals surface area contributed by atoms with Gasteiger partial charge in [0.25, 0.3) is 11.8 Å². The summed E-state index contributed by atoms with van der Waals surface area (Å²) >= 11 is 0. The third kappa shape index (κ3) is 1.16. The maximum Gasteiger partial charge on any atom is 0.290 e. The Hall–Kier alpha value is -2.63.